The van der Waals surface area contributed by atoms with Crippen molar-refractivity contribution in [3.05, 3.63) is 29.6 Å². The topological polar surface area (TPSA) is 36.4 Å². The van der Waals surface area contributed by atoms with Gasteiger partial charge in [-0.15, -0.1) is 0 Å². The zero-order valence-electron chi connectivity index (χ0n) is 12.5. The molecule has 3 saturated heterocycles. The lowest BCUT2D eigenvalue weighted by molar-refractivity contribution is -0.141. The maximum Gasteiger partial charge on any atom is 0.433 e. The third-order valence-electron chi connectivity index (χ3n) is 4.49. The first-order valence-corrected chi connectivity index (χ1v) is 7.37. The summed E-state index contributed by atoms with van der Waals surface area (Å²) in [6, 6.07) is 2.84. The predicted molar refractivity (Wildman–Crippen MR) is 74.3 cm³/mol. The number of nitrogens with zero attached hydrogens (tertiary/aromatic N) is 3. The molecule has 7 heteroatoms. The fraction of sp³-hybridized carbons (Fsp3) is 0.600. The zero-order chi connectivity index (χ0) is 16.1. The molecule has 4 rings (SSSR count). The summed E-state index contributed by atoms with van der Waals surface area (Å²) < 4.78 is 37.5. The van der Waals surface area contributed by atoms with Gasteiger partial charge in [0.2, 0.25) is 0 Å². The molecule has 0 N–H and O–H groups in total. The number of carbonyl (C=O) groups is 1. The first kappa shape index (κ1) is 15.3. The van der Waals surface area contributed by atoms with Crippen molar-refractivity contribution in [2.45, 2.75) is 44.6 Å². The molecule has 0 radical (unpaired) electrons. The van der Waals surface area contributed by atoms with Gasteiger partial charge in [-0.2, -0.15) is 13.2 Å². The van der Waals surface area contributed by atoms with E-state index < -0.39 is 11.9 Å². The van der Waals surface area contributed by atoms with Gasteiger partial charge in [-0.05, 0) is 32.4 Å². The van der Waals surface area contributed by atoms with E-state index in [9.17, 15) is 18.0 Å². The summed E-state index contributed by atoms with van der Waals surface area (Å²) in [5, 5.41) is 0. The summed E-state index contributed by atoms with van der Waals surface area (Å²) in [6.07, 6.45) is -2.48. The van der Waals surface area contributed by atoms with Crippen LogP contribution in [0.1, 0.15) is 36.3 Å². The number of fused-ring (bicyclic) bond motifs is 2. The second-order valence-corrected chi connectivity index (χ2v) is 6.23. The normalized spacial score (nSPS) is 25.3. The standard InChI is InChI=1S/C15H18F3N3O/c1-9(2)20-7-11-5-12(8-20)21(11)14(22)10-3-4-13(19-6-10)15(16,17)18/h3-4,6,9,11-12H,5,7-8H2,1-2H3. The van der Waals surface area contributed by atoms with Crippen molar-refractivity contribution in [1.82, 2.24) is 14.8 Å². The number of aromatic nitrogens is 1. The molecule has 1 aromatic rings. The van der Waals surface area contributed by atoms with Crippen molar-refractivity contribution < 1.29 is 18.0 Å². The molecule has 0 spiro atoms. The summed E-state index contributed by atoms with van der Waals surface area (Å²) in [6.45, 7) is 5.90. The molecule has 3 fully saturated rings. The molecule has 4 nitrogen and oxygen atoms in total. The summed E-state index contributed by atoms with van der Waals surface area (Å²) in [4.78, 5) is 20.0. The lowest BCUT2D eigenvalue weighted by Gasteiger charge is -2.57. The minimum absolute atomic E-state index is 0.163. The maximum atomic E-state index is 12.5. The molecule has 22 heavy (non-hydrogen) atoms. The second-order valence-electron chi connectivity index (χ2n) is 6.23. The monoisotopic (exact) mass is 313 g/mol. The Hall–Kier alpha value is -1.63. The molecule has 1 amide bonds. The number of amides is 1. The minimum Gasteiger partial charge on any atom is -0.330 e. The Balaban J connectivity index is 1.71. The molecule has 3 aliphatic heterocycles. The number of rotatable bonds is 2. The SMILES string of the molecule is CC(C)N1CC2CC(C1)N2C(=O)c1ccc(C(F)(F)F)nc1. The van der Waals surface area contributed by atoms with Crippen molar-refractivity contribution >= 4 is 5.91 Å². The number of hydrogen-bond acceptors (Lipinski definition) is 3. The molecule has 2 unspecified atom stereocenters. The number of hydrogen-bond donors (Lipinski definition) is 0. The highest BCUT2D eigenvalue weighted by atomic mass is 19.4. The van der Waals surface area contributed by atoms with E-state index in [0.717, 1.165) is 31.8 Å². The van der Waals surface area contributed by atoms with Gasteiger partial charge in [-0.3, -0.25) is 14.7 Å². The number of piperazine rings is 1. The van der Waals surface area contributed by atoms with Gasteiger partial charge in [0.25, 0.3) is 5.91 Å². The lowest BCUT2D eigenvalue weighted by atomic mass is 9.86. The van der Waals surface area contributed by atoms with E-state index in [0.29, 0.717) is 6.04 Å². The molecule has 120 valence electrons. The van der Waals surface area contributed by atoms with E-state index in [2.05, 4.69) is 23.7 Å². The van der Waals surface area contributed by atoms with Crippen molar-refractivity contribution in [3.8, 4) is 0 Å². The highest BCUT2D eigenvalue weighted by molar-refractivity contribution is 5.95. The highest BCUT2D eigenvalue weighted by Gasteiger charge is 2.47. The van der Waals surface area contributed by atoms with E-state index in [4.69, 9.17) is 0 Å². The number of carbonyl (C=O) groups excluding carboxylic acids is 1. The van der Waals surface area contributed by atoms with Crippen LogP contribution in [0, 0.1) is 0 Å². The van der Waals surface area contributed by atoms with Gasteiger partial charge in [0.05, 0.1) is 5.56 Å². The molecular weight excluding hydrogens is 295 g/mol. The third kappa shape index (κ3) is 2.58. The van der Waals surface area contributed by atoms with Crippen LogP contribution in [0.2, 0.25) is 0 Å². The molecule has 0 aromatic carbocycles. The second kappa shape index (κ2) is 5.22. The quantitative estimate of drug-likeness (QED) is 0.841. The van der Waals surface area contributed by atoms with Crippen molar-refractivity contribution in [3.63, 3.8) is 0 Å². The molecule has 1 aromatic heterocycles. The predicted octanol–water partition coefficient (Wildman–Crippen LogP) is 2.41. The van der Waals surface area contributed by atoms with Crippen molar-refractivity contribution in [2.24, 2.45) is 0 Å². The van der Waals surface area contributed by atoms with Crippen molar-refractivity contribution in [1.29, 1.82) is 0 Å². The smallest absolute Gasteiger partial charge is 0.330 e. The Morgan fingerprint density at radius 3 is 2.36 bits per heavy atom. The molecule has 2 atom stereocenters. The van der Waals surface area contributed by atoms with Gasteiger partial charge in [-0.25, -0.2) is 0 Å². The van der Waals surface area contributed by atoms with E-state index in [1.54, 1.807) is 4.90 Å². The average molecular weight is 313 g/mol. The average Bonchev–Trinajstić information content (AvgIpc) is 2.46. The number of halogens is 3. The van der Waals surface area contributed by atoms with Gasteiger partial charge < -0.3 is 4.90 Å². The highest BCUT2D eigenvalue weighted by Crippen LogP contribution is 2.34. The minimum atomic E-state index is -4.48. The lowest BCUT2D eigenvalue weighted by Crippen LogP contribution is -2.70. The first-order valence-electron chi connectivity index (χ1n) is 7.37. The van der Waals surface area contributed by atoms with Gasteiger partial charge in [-0.1, -0.05) is 0 Å². The Morgan fingerprint density at radius 2 is 1.91 bits per heavy atom. The Morgan fingerprint density at radius 1 is 1.27 bits per heavy atom. The van der Waals surface area contributed by atoms with Crippen molar-refractivity contribution in [2.75, 3.05) is 13.1 Å². The van der Waals surface area contributed by atoms with Crippen LogP contribution in [0.5, 0.6) is 0 Å². The number of pyridine rings is 1. The maximum absolute atomic E-state index is 12.5. The molecule has 3 aliphatic rings. The van der Waals surface area contributed by atoms with Crippen LogP contribution in [-0.2, 0) is 6.18 Å². The van der Waals surface area contributed by atoms with Crippen LogP contribution < -0.4 is 0 Å². The van der Waals surface area contributed by atoms with E-state index >= 15 is 0 Å². The van der Waals surface area contributed by atoms with E-state index in [1.807, 2.05) is 0 Å². The van der Waals surface area contributed by atoms with Crippen LogP contribution in [0.4, 0.5) is 13.2 Å². The van der Waals surface area contributed by atoms with Gasteiger partial charge >= 0.3 is 6.18 Å². The molecule has 4 heterocycles. The van der Waals surface area contributed by atoms with Crippen LogP contribution in [0.15, 0.2) is 18.3 Å². The molecular formula is C15H18F3N3O. The number of alkyl halides is 3. The molecule has 0 aliphatic carbocycles. The van der Waals surface area contributed by atoms with Gasteiger partial charge in [0, 0.05) is 37.4 Å². The first-order chi connectivity index (χ1) is 10.3. The molecule has 2 bridgehead atoms. The Labute approximate surface area is 126 Å². The van der Waals surface area contributed by atoms with Crippen LogP contribution in [-0.4, -0.2) is 51.9 Å². The van der Waals surface area contributed by atoms with Gasteiger partial charge in [0.1, 0.15) is 5.69 Å². The van der Waals surface area contributed by atoms with Crippen LogP contribution >= 0.6 is 0 Å². The summed E-state index contributed by atoms with van der Waals surface area (Å²) in [7, 11) is 0. The molecule has 0 saturated carbocycles. The largest absolute Gasteiger partial charge is 0.433 e. The van der Waals surface area contributed by atoms with E-state index in [-0.39, 0.29) is 23.6 Å². The third-order valence-corrected chi connectivity index (χ3v) is 4.49. The summed E-state index contributed by atoms with van der Waals surface area (Å²) in [5.74, 6) is -0.217. The van der Waals surface area contributed by atoms with Crippen LogP contribution in [0.25, 0.3) is 0 Å². The van der Waals surface area contributed by atoms with E-state index in [1.165, 1.54) is 6.07 Å². The van der Waals surface area contributed by atoms with Gasteiger partial charge in [0.15, 0.2) is 0 Å². The summed E-state index contributed by atoms with van der Waals surface area (Å²) >= 11 is 0. The Bertz CT molecular complexity index is 558. The fourth-order valence-corrected chi connectivity index (χ4v) is 3.23. The fourth-order valence-electron chi connectivity index (χ4n) is 3.23. The Kier molecular flexibility index (Phi) is 3.63. The zero-order valence-corrected chi connectivity index (χ0v) is 12.5. The number of piperidine rings is 1. The van der Waals surface area contributed by atoms with Crippen LogP contribution in [0.3, 0.4) is 0 Å². The summed E-state index contributed by atoms with van der Waals surface area (Å²) in [5.41, 5.74) is -0.750.